The van der Waals surface area contributed by atoms with Crippen LogP contribution < -0.4 is 5.32 Å². The number of rotatable bonds is 4. The molecule has 1 N–H and O–H groups in total. The number of hydrogen-bond acceptors (Lipinski definition) is 2. The fourth-order valence-corrected chi connectivity index (χ4v) is 3.95. The summed E-state index contributed by atoms with van der Waals surface area (Å²) in [6.45, 7) is 3.85. The maximum absolute atomic E-state index is 13.9. The fraction of sp³-hybridized carbons (Fsp3) is 0.130. The van der Waals surface area contributed by atoms with Crippen LogP contribution in [0.15, 0.2) is 60.3 Å². The van der Waals surface area contributed by atoms with Crippen molar-refractivity contribution in [2.24, 2.45) is 0 Å². The van der Waals surface area contributed by atoms with Crippen LogP contribution in [-0.4, -0.2) is 21.4 Å². The van der Waals surface area contributed by atoms with E-state index in [-0.39, 0.29) is 12.2 Å². The van der Waals surface area contributed by atoms with Crippen molar-refractivity contribution in [3.05, 3.63) is 92.2 Å². The molecule has 1 aliphatic heterocycles. The topological polar surface area (TPSA) is 54.3 Å². The van der Waals surface area contributed by atoms with Gasteiger partial charge in [0.15, 0.2) is 0 Å². The highest BCUT2D eigenvalue weighted by Gasteiger charge is 2.34. The molecule has 2 aromatic carbocycles. The predicted molar refractivity (Wildman–Crippen MR) is 121 cm³/mol. The number of benzene rings is 2. The summed E-state index contributed by atoms with van der Waals surface area (Å²) in [5, 5.41) is 2.61. The molecule has 0 unspecified atom stereocenters. The molecule has 152 valence electrons. The number of carbonyl (C=O) groups is 2. The number of aryl methyl sites for hydroxylation is 1. The first-order valence-electron chi connectivity index (χ1n) is 9.38. The summed E-state index contributed by atoms with van der Waals surface area (Å²) in [6.07, 6.45) is 1.67. The molecule has 0 saturated carbocycles. The van der Waals surface area contributed by atoms with E-state index < -0.39 is 17.8 Å². The van der Waals surface area contributed by atoms with E-state index in [2.05, 4.69) is 32.5 Å². The van der Waals surface area contributed by atoms with Crippen molar-refractivity contribution in [3.8, 4) is 5.69 Å². The lowest BCUT2D eigenvalue weighted by Crippen LogP contribution is -2.30. The first-order chi connectivity index (χ1) is 14.3. The molecule has 3 amide bonds. The minimum atomic E-state index is -0.555. The van der Waals surface area contributed by atoms with E-state index in [4.69, 9.17) is 0 Å². The number of nitrogens with one attached hydrogen (secondary N) is 1. The third-order valence-electron chi connectivity index (χ3n) is 5.10. The van der Waals surface area contributed by atoms with Crippen LogP contribution >= 0.6 is 22.6 Å². The van der Waals surface area contributed by atoms with E-state index in [0.717, 1.165) is 31.1 Å². The molecule has 3 aromatic rings. The van der Waals surface area contributed by atoms with Crippen LogP contribution in [-0.2, 0) is 11.3 Å². The quantitative estimate of drug-likeness (QED) is 0.305. The Bertz CT molecular complexity index is 1180. The van der Waals surface area contributed by atoms with Gasteiger partial charge in [0, 0.05) is 26.2 Å². The Hall–Kier alpha value is -2.94. The lowest BCUT2D eigenvalue weighted by molar-refractivity contribution is -0.123. The van der Waals surface area contributed by atoms with Crippen LogP contribution in [0.3, 0.4) is 0 Å². The van der Waals surface area contributed by atoms with Gasteiger partial charge in [0.25, 0.3) is 5.91 Å². The van der Waals surface area contributed by atoms with Crippen molar-refractivity contribution >= 4 is 40.6 Å². The van der Waals surface area contributed by atoms with Gasteiger partial charge in [-0.15, -0.1) is 0 Å². The molecule has 4 rings (SSSR count). The van der Waals surface area contributed by atoms with Crippen molar-refractivity contribution in [1.29, 1.82) is 0 Å². The highest BCUT2D eigenvalue weighted by Crippen LogP contribution is 2.25. The Kier molecular flexibility index (Phi) is 5.46. The molecular weight excluding hydrogens is 496 g/mol. The number of nitrogens with zero attached hydrogens (tertiary/aromatic N) is 2. The minimum absolute atomic E-state index is 0.115. The first kappa shape index (κ1) is 20.3. The number of imide groups is 1. The standard InChI is InChI=1S/C23H19FIN3O2/c1-14-11-17(15(2)28(14)19-9-7-18(25)8-10-19)12-21-22(29)27(23(30)26-21)13-16-5-3-4-6-20(16)24/h3-12H,13H2,1-2H3,(H,26,30)/b21-12-. The Morgan fingerprint density at radius 1 is 1.07 bits per heavy atom. The second-order valence-electron chi connectivity index (χ2n) is 7.11. The summed E-state index contributed by atoms with van der Waals surface area (Å²) >= 11 is 2.26. The van der Waals surface area contributed by atoms with E-state index in [9.17, 15) is 14.0 Å². The molecule has 1 aromatic heterocycles. The Balaban J connectivity index is 1.63. The molecule has 0 spiro atoms. The molecule has 1 aliphatic rings. The fourth-order valence-electron chi connectivity index (χ4n) is 3.59. The van der Waals surface area contributed by atoms with Crippen LogP contribution in [0.2, 0.25) is 0 Å². The van der Waals surface area contributed by atoms with Crippen molar-refractivity contribution < 1.29 is 14.0 Å². The Labute approximate surface area is 187 Å². The van der Waals surface area contributed by atoms with Crippen LogP contribution in [0.5, 0.6) is 0 Å². The number of carbonyl (C=O) groups excluding carboxylic acids is 2. The molecule has 0 radical (unpaired) electrons. The number of amides is 3. The van der Waals surface area contributed by atoms with Crippen LogP contribution in [0, 0.1) is 23.2 Å². The molecule has 30 heavy (non-hydrogen) atoms. The van der Waals surface area contributed by atoms with Crippen molar-refractivity contribution in [2.45, 2.75) is 20.4 Å². The number of aromatic nitrogens is 1. The van der Waals surface area contributed by atoms with Gasteiger partial charge in [0.1, 0.15) is 11.5 Å². The molecule has 0 aliphatic carbocycles. The van der Waals surface area contributed by atoms with E-state index in [0.29, 0.717) is 5.56 Å². The van der Waals surface area contributed by atoms with E-state index >= 15 is 0 Å². The smallest absolute Gasteiger partial charge is 0.318 e. The van der Waals surface area contributed by atoms with E-state index in [1.807, 2.05) is 44.2 Å². The number of halogens is 2. The molecule has 0 bridgehead atoms. The normalized spacial score (nSPS) is 15.2. The number of urea groups is 1. The monoisotopic (exact) mass is 515 g/mol. The zero-order chi connectivity index (χ0) is 21.4. The van der Waals surface area contributed by atoms with Gasteiger partial charge in [-0.3, -0.25) is 9.69 Å². The molecule has 7 heteroatoms. The van der Waals surface area contributed by atoms with Gasteiger partial charge in [-0.05, 0) is 84.5 Å². The van der Waals surface area contributed by atoms with Gasteiger partial charge < -0.3 is 9.88 Å². The third kappa shape index (κ3) is 3.77. The molecule has 5 nitrogen and oxygen atoms in total. The summed E-state index contributed by atoms with van der Waals surface area (Å²) in [4.78, 5) is 26.1. The molecular formula is C23H19FIN3O2. The largest absolute Gasteiger partial charge is 0.329 e. The first-order valence-corrected chi connectivity index (χ1v) is 10.5. The van der Waals surface area contributed by atoms with E-state index in [1.54, 1.807) is 24.3 Å². The average molecular weight is 515 g/mol. The van der Waals surface area contributed by atoms with Crippen LogP contribution in [0.1, 0.15) is 22.5 Å². The second kappa shape index (κ2) is 8.06. The summed E-state index contributed by atoms with van der Waals surface area (Å²) < 4.78 is 17.2. The molecule has 0 atom stereocenters. The summed E-state index contributed by atoms with van der Waals surface area (Å²) in [5.74, 6) is -0.918. The van der Waals surface area contributed by atoms with Gasteiger partial charge in [-0.2, -0.15) is 0 Å². The average Bonchev–Trinajstić information content (AvgIpc) is 3.14. The summed E-state index contributed by atoms with van der Waals surface area (Å²) in [5.41, 5.74) is 4.30. The van der Waals surface area contributed by atoms with Gasteiger partial charge in [-0.25, -0.2) is 9.18 Å². The highest BCUT2D eigenvalue weighted by atomic mass is 127. The molecule has 1 saturated heterocycles. The zero-order valence-corrected chi connectivity index (χ0v) is 18.6. The van der Waals surface area contributed by atoms with Crippen LogP contribution in [0.4, 0.5) is 9.18 Å². The van der Waals surface area contributed by atoms with Crippen molar-refractivity contribution in [1.82, 2.24) is 14.8 Å². The predicted octanol–water partition coefficient (Wildman–Crippen LogP) is 4.93. The molecule has 2 heterocycles. The Morgan fingerprint density at radius 3 is 2.47 bits per heavy atom. The summed E-state index contributed by atoms with van der Waals surface area (Å²) in [7, 11) is 0. The lowest BCUT2D eigenvalue weighted by atomic mass is 10.2. The lowest BCUT2D eigenvalue weighted by Gasteiger charge is -2.12. The van der Waals surface area contributed by atoms with Gasteiger partial charge in [0.05, 0.1) is 6.54 Å². The van der Waals surface area contributed by atoms with E-state index in [1.165, 1.54) is 6.07 Å². The molecule has 1 fully saturated rings. The van der Waals surface area contributed by atoms with Crippen LogP contribution in [0.25, 0.3) is 11.8 Å². The zero-order valence-electron chi connectivity index (χ0n) is 16.4. The maximum Gasteiger partial charge on any atom is 0.329 e. The highest BCUT2D eigenvalue weighted by molar-refractivity contribution is 14.1. The van der Waals surface area contributed by atoms with Crippen molar-refractivity contribution in [3.63, 3.8) is 0 Å². The van der Waals surface area contributed by atoms with Gasteiger partial charge in [-0.1, -0.05) is 18.2 Å². The second-order valence-corrected chi connectivity index (χ2v) is 8.35. The summed E-state index contributed by atoms with van der Waals surface area (Å²) in [6, 6.07) is 15.7. The van der Waals surface area contributed by atoms with Gasteiger partial charge in [0.2, 0.25) is 0 Å². The van der Waals surface area contributed by atoms with Crippen molar-refractivity contribution in [2.75, 3.05) is 0 Å². The Morgan fingerprint density at radius 2 is 1.77 bits per heavy atom. The third-order valence-corrected chi connectivity index (χ3v) is 5.82. The number of hydrogen-bond donors (Lipinski definition) is 1. The van der Waals surface area contributed by atoms with Gasteiger partial charge >= 0.3 is 6.03 Å². The SMILES string of the molecule is Cc1cc(/C=C2\NC(=O)N(Cc3ccccc3F)C2=O)c(C)n1-c1ccc(I)cc1. The minimum Gasteiger partial charge on any atom is -0.318 e. The maximum atomic E-state index is 13.9.